The molecule has 1 aromatic carbocycles. The lowest BCUT2D eigenvalue weighted by Crippen LogP contribution is -2.44. The molecule has 2 N–H and O–H groups in total. The van der Waals surface area contributed by atoms with Gasteiger partial charge in [-0.05, 0) is 35.8 Å². The zero-order valence-corrected chi connectivity index (χ0v) is 13.0. The van der Waals surface area contributed by atoms with Crippen molar-refractivity contribution in [2.75, 3.05) is 19.6 Å². The molecule has 1 saturated heterocycles. The van der Waals surface area contributed by atoms with E-state index in [9.17, 15) is 0 Å². The van der Waals surface area contributed by atoms with Gasteiger partial charge in [0.1, 0.15) is 0 Å². The van der Waals surface area contributed by atoms with Gasteiger partial charge in [0.25, 0.3) is 0 Å². The molecule has 0 aliphatic carbocycles. The van der Waals surface area contributed by atoms with Crippen LogP contribution in [0.3, 0.4) is 0 Å². The fourth-order valence-corrected chi connectivity index (χ4v) is 3.61. The van der Waals surface area contributed by atoms with Crippen LogP contribution in [-0.4, -0.2) is 29.5 Å². The van der Waals surface area contributed by atoms with Crippen LogP contribution in [-0.2, 0) is 0 Å². The van der Waals surface area contributed by atoms with E-state index in [4.69, 9.17) is 5.73 Å². The standard InChI is InChI=1S/C18H25N3/c1-18(2)8-5-9-21(13-18)17(10-19)16-12-20-11-14-6-3-4-7-15(14)16/h3-4,6-7,11-12,17H,5,8-10,13,19H2,1-2H3. The van der Waals surface area contributed by atoms with Gasteiger partial charge in [-0.25, -0.2) is 0 Å². The summed E-state index contributed by atoms with van der Waals surface area (Å²) in [6.07, 6.45) is 6.49. The Balaban J connectivity index is 1.98. The van der Waals surface area contributed by atoms with Crippen LogP contribution in [0.15, 0.2) is 36.7 Å². The molecule has 1 aliphatic rings. The molecule has 2 heterocycles. The number of aromatic nitrogens is 1. The van der Waals surface area contributed by atoms with E-state index in [-0.39, 0.29) is 6.04 Å². The van der Waals surface area contributed by atoms with Crippen LogP contribution < -0.4 is 5.73 Å². The maximum absolute atomic E-state index is 6.15. The number of fused-ring (bicyclic) bond motifs is 1. The zero-order chi connectivity index (χ0) is 14.9. The first-order valence-electron chi connectivity index (χ1n) is 7.87. The van der Waals surface area contributed by atoms with E-state index < -0.39 is 0 Å². The number of rotatable bonds is 3. The third-order valence-corrected chi connectivity index (χ3v) is 4.65. The smallest absolute Gasteiger partial charge is 0.0492 e. The first kappa shape index (κ1) is 14.5. The average molecular weight is 283 g/mol. The second kappa shape index (κ2) is 5.74. The lowest BCUT2D eigenvalue weighted by atomic mass is 9.83. The first-order valence-corrected chi connectivity index (χ1v) is 7.87. The number of nitrogens with zero attached hydrogens (tertiary/aromatic N) is 2. The Bertz CT molecular complexity index is 615. The average Bonchev–Trinajstić information content (AvgIpc) is 2.47. The Labute approximate surface area is 127 Å². The monoisotopic (exact) mass is 283 g/mol. The van der Waals surface area contributed by atoms with Gasteiger partial charge in [-0.3, -0.25) is 9.88 Å². The van der Waals surface area contributed by atoms with Gasteiger partial charge in [0.05, 0.1) is 0 Å². The Morgan fingerprint density at radius 3 is 2.86 bits per heavy atom. The summed E-state index contributed by atoms with van der Waals surface area (Å²) in [4.78, 5) is 6.98. The number of pyridine rings is 1. The van der Waals surface area contributed by atoms with E-state index in [0.29, 0.717) is 12.0 Å². The number of nitrogens with two attached hydrogens (primary N) is 1. The molecule has 0 radical (unpaired) electrons. The molecule has 1 atom stereocenters. The molecule has 0 spiro atoms. The van der Waals surface area contributed by atoms with Crippen LogP contribution >= 0.6 is 0 Å². The molecule has 112 valence electrons. The van der Waals surface area contributed by atoms with Crippen molar-refractivity contribution in [3.8, 4) is 0 Å². The van der Waals surface area contributed by atoms with Gasteiger partial charge >= 0.3 is 0 Å². The summed E-state index contributed by atoms with van der Waals surface area (Å²) in [5, 5.41) is 2.48. The number of likely N-dealkylation sites (tertiary alicyclic amines) is 1. The molecule has 21 heavy (non-hydrogen) atoms. The molecule has 0 bridgehead atoms. The van der Waals surface area contributed by atoms with Gasteiger partial charge in [-0.2, -0.15) is 0 Å². The summed E-state index contributed by atoms with van der Waals surface area (Å²) in [6, 6.07) is 8.74. The van der Waals surface area contributed by atoms with Crippen LogP contribution in [0.2, 0.25) is 0 Å². The van der Waals surface area contributed by atoms with Gasteiger partial charge in [0, 0.05) is 36.9 Å². The Hall–Kier alpha value is -1.45. The normalized spacial score (nSPS) is 20.5. The number of piperidine rings is 1. The maximum Gasteiger partial charge on any atom is 0.0492 e. The first-order chi connectivity index (χ1) is 10.1. The highest BCUT2D eigenvalue weighted by atomic mass is 15.2. The summed E-state index contributed by atoms with van der Waals surface area (Å²) >= 11 is 0. The third kappa shape index (κ3) is 2.94. The Morgan fingerprint density at radius 1 is 1.29 bits per heavy atom. The van der Waals surface area contributed by atoms with Crippen LogP contribution in [0.5, 0.6) is 0 Å². The largest absolute Gasteiger partial charge is 0.329 e. The molecule has 2 aromatic rings. The fourth-order valence-electron chi connectivity index (χ4n) is 3.61. The van der Waals surface area contributed by atoms with Crippen LogP contribution in [0.25, 0.3) is 10.8 Å². The lowest BCUT2D eigenvalue weighted by molar-refractivity contribution is 0.0811. The van der Waals surface area contributed by atoms with Gasteiger partial charge in [0.15, 0.2) is 0 Å². The minimum Gasteiger partial charge on any atom is -0.329 e. The lowest BCUT2D eigenvalue weighted by Gasteiger charge is -2.42. The van der Waals surface area contributed by atoms with Gasteiger partial charge in [-0.15, -0.1) is 0 Å². The fraction of sp³-hybridized carbons (Fsp3) is 0.500. The minimum absolute atomic E-state index is 0.267. The van der Waals surface area contributed by atoms with Crippen molar-refractivity contribution in [2.24, 2.45) is 11.1 Å². The van der Waals surface area contributed by atoms with E-state index in [1.165, 1.54) is 29.2 Å². The van der Waals surface area contributed by atoms with E-state index in [0.717, 1.165) is 13.1 Å². The predicted octanol–water partition coefficient (Wildman–Crippen LogP) is 3.36. The van der Waals surface area contributed by atoms with Crippen molar-refractivity contribution in [2.45, 2.75) is 32.7 Å². The summed E-state index contributed by atoms with van der Waals surface area (Å²) in [5.74, 6) is 0. The Morgan fingerprint density at radius 2 is 2.10 bits per heavy atom. The van der Waals surface area contributed by atoms with Gasteiger partial charge in [0.2, 0.25) is 0 Å². The van der Waals surface area contributed by atoms with Crippen molar-refractivity contribution in [3.63, 3.8) is 0 Å². The number of hydrogen-bond donors (Lipinski definition) is 1. The molecular weight excluding hydrogens is 258 g/mol. The molecule has 1 aliphatic heterocycles. The maximum atomic E-state index is 6.15. The summed E-state index contributed by atoms with van der Waals surface area (Å²) < 4.78 is 0. The molecular formula is C18H25N3. The zero-order valence-electron chi connectivity index (χ0n) is 13.0. The second-order valence-electron chi connectivity index (χ2n) is 6.94. The predicted molar refractivity (Wildman–Crippen MR) is 88.1 cm³/mol. The summed E-state index contributed by atoms with van der Waals surface area (Å²) in [6.45, 7) is 7.60. The van der Waals surface area contributed by atoms with Crippen LogP contribution in [0.4, 0.5) is 0 Å². The molecule has 1 unspecified atom stereocenters. The van der Waals surface area contributed by atoms with Crippen LogP contribution in [0, 0.1) is 5.41 Å². The third-order valence-electron chi connectivity index (χ3n) is 4.65. The molecule has 0 amide bonds. The van der Waals surface area contributed by atoms with Crippen molar-refractivity contribution < 1.29 is 0 Å². The van der Waals surface area contributed by atoms with Crippen molar-refractivity contribution >= 4 is 10.8 Å². The SMILES string of the molecule is CC1(C)CCCN(C(CN)c2cncc3ccccc23)C1. The van der Waals surface area contributed by atoms with E-state index >= 15 is 0 Å². The van der Waals surface area contributed by atoms with E-state index in [1.807, 2.05) is 12.4 Å². The topological polar surface area (TPSA) is 42.1 Å². The van der Waals surface area contributed by atoms with Crippen molar-refractivity contribution in [3.05, 3.63) is 42.2 Å². The number of benzene rings is 1. The molecule has 3 heteroatoms. The molecule has 0 saturated carbocycles. The highest BCUT2D eigenvalue weighted by molar-refractivity contribution is 5.85. The Kier molecular flexibility index (Phi) is 3.96. The van der Waals surface area contributed by atoms with E-state index in [2.05, 4.69) is 48.0 Å². The highest BCUT2D eigenvalue weighted by Gasteiger charge is 2.31. The molecule has 3 nitrogen and oxygen atoms in total. The van der Waals surface area contributed by atoms with Gasteiger partial charge in [-0.1, -0.05) is 38.1 Å². The van der Waals surface area contributed by atoms with Crippen LogP contribution in [0.1, 0.15) is 38.3 Å². The molecule has 1 aromatic heterocycles. The van der Waals surface area contributed by atoms with Crippen molar-refractivity contribution in [1.29, 1.82) is 0 Å². The molecule has 3 rings (SSSR count). The summed E-state index contributed by atoms with van der Waals surface area (Å²) in [7, 11) is 0. The number of hydrogen-bond acceptors (Lipinski definition) is 3. The van der Waals surface area contributed by atoms with Gasteiger partial charge < -0.3 is 5.73 Å². The highest BCUT2D eigenvalue weighted by Crippen LogP contribution is 2.35. The quantitative estimate of drug-likeness (QED) is 0.939. The minimum atomic E-state index is 0.267. The second-order valence-corrected chi connectivity index (χ2v) is 6.94. The van der Waals surface area contributed by atoms with Crippen molar-refractivity contribution in [1.82, 2.24) is 9.88 Å². The summed E-state index contributed by atoms with van der Waals surface area (Å²) in [5.41, 5.74) is 7.80. The van der Waals surface area contributed by atoms with E-state index in [1.54, 1.807) is 0 Å². The molecule has 1 fully saturated rings.